The van der Waals surface area contributed by atoms with Gasteiger partial charge in [-0.2, -0.15) is 0 Å². The molecule has 0 radical (unpaired) electrons. The van der Waals surface area contributed by atoms with Crippen molar-refractivity contribution < 1.29 is 0 Å². The van der Waals surface area contributed by atoms with Gasteiger partial charge in [-0.3, -0.25) is 4.98 Å². The summed E-state index contributed by atoms with van der Waals surface area (Å²) in [6, 6.07) is 23.9. The van der Waals surface area contributed by atoms with E-state index in [1.54, 1.807) is 0 Å². The minimum Gasteiger partial charge on any atom is -0.256 e. The molecule has 0 aliphatic heterocycles. The van der Waals surface area contributed by atoms with Crippen LogP contribution in [0.2, 0.25) is 0 Å². The quantitative estimate of drug-likeness (QED) is 0.390. The largest absolute Gasteiger partial charge is 0.256 e. The molecule has 0 atom stereocenters. The molecule has 0 saturated carbocycles. The molecule has 1 aromatic heterocycles. The van der Waals surface area contributed by atoms with Gasteiger partial charge in [0, 0.05) is 11.8 Å². The van der Waals surface area contributed by atoms with Gasteiger partial charge in [-0.05, 0) is 61.4 Å². The average Bonchev–Trinajstić information content (AvgIpc) is 2.69. The Balaban J connectivity index is 1.37. The third kappa shape index (κ3) is 5.84. The highest BCUT2D eigenvalue weighted by Gasteiger charge is 2.01. The molecular weight excluding hydrogens is 314 g/mol. The van der Waals surface area contributed by atoms with Gasteiger partial charge in [-0.15, -0.1) is 0 Å². The summed E-state index contributed by atoms with van der Waals surface area (Å²) < 4.78 is 0. The first-order chi connectivity index (χ1) is 12.8. The summed E-state index contributed by atoms with van der Waals surface area (Å²) in [5, 5.41) is 0. The molecule has 0 aliphatic carbocycles. The summed E-state index contributed by atoms with van der Waals surface area (Å²) in [6.07, 6.45) is 10.9. The Hall–Kier alpha value is -2.41. The number of aryl methyl sites for hydroxylation is 3. The van der Waals surface area contributed by atoms with E-state index in [1.807, 2.05) is 6.20 Å². The van der Waals surface area contributed by atoms with Crippen LogP contribution in [0.25, 0.3) is 11.3 Å². The number of nitrogens with zero attached hydrogens (tertiary/aromatic N) is 1. The number of unbranched alkanes of at least 4 members (excludes halogenated alkanes) is 4. The van der Waals surface area contributed by atoms with E-state index in [4.69, 9.17) is 0 Å². The Labute approximate surface area is 158 Å². The van der Waals surface area contributed by atoms with Gasteiger partial charge in [0.25, 0.3) is 0 Å². The van der Waals surface area contributed by atoms with E-state index >= 15 is 0 Å². The maximum absolute atomic E-state index is 4.54. The Morgan fingerprint density at radius 2 is 1.35 bits per heavy atom. The minimum atomic E-state index is 1.07. The highest BCUT2D eigenvalue weighted by Crippen LogP contribution is 2.20. The monoisotopic (exact) mass is 343 g/mol. The van der Waals surface area contributed by atoms with E-state index in [2.05, 4.69) is 78.6 Å². The highest BCUT2D eigenvalue weighted by atomic mass is 14.7. The lowest BCUT2D eigenvalue weighted by Crippen LogP contribution is -1.90. The minimum absolute atomic E-state index is 1.07. The standard InChI is InChI=1S/C25H29N/c1-21-17-18-25(26-20-21)24-16-10-15-23(19-24)14-7-4-2-3-6-11-22-12-8-5-9-13-22/h5,8-10,12-13,15-20H,2-4,6-7,11,14H2,1H3. The molecule has 3 rings (SSSR count). The van der Waals surface area contributed by atoms with E-state index in [-0.39, 0.29) is 0 Å². The summed E-state index contributed by atoms with van der Waals surface area (Å²) in [5.74, 6) is 0. The van der Waals surface area contributed by atoms with Crippen molar-refractivity contribution in [1.82, 2.24) is 4.98 Å². The van der Waals surface area contributed by atoms with Crippen LogP contribution in [0.15, 0.2) is 72.9 Å². The second-order valence-electron chi connectivity index (χ2n) is 7.17. The van der Waals surface area contributed by atoms with E-state index in [9.17, 15) is 0 Å². The lowest BCUT2D eigenvalue weighted by Gasteiger charge is -2.06. The molecule has 2 aromatic carbocycles. The smallest absolute Gasteiger partial charge is 0.0702 e. The van der Waals surface area contributed by atoms with Crippen molar-refractivity contribution in [2.75, 3.05) is 0 Å². The topological polar surface area (TPSA) is 12.9 Å². The van der Waals surface area contributed by atoms with E-state index in [0.717, 1.165) is 5.69 Å². The molecule has 26 heavy (non-hydrogen) atoms. The van der Waals surface area contributed by atoms with Gasteiger partial charge in [-0.1, -0.05) is 73.9 Å². The number of pyridine rings is 1. The zero-order valence-electron chi connectivity index (χ0n) is 15.8. The van der Waals surface area contributed by atoms with Crippen LogP contribution in [0.1, 0.15) is 48.8 Å². The number of aromatic nitrogens is 1. The normalized spacial score (nSPS) is 10.8. The predicted octanol–water partition coefficient (Wildman–Crippen LogP) is 6.79. The number of hydrogen-bond acceptors (Lipinski definition) is 1. The lowest BCUT2D eigenvalue weighted by molar-refractivity contribution is 0.613. The van der Waals surface area contributed by atoms with Crippen molar-refractivity contribution in [2.24, 2.45) is 0 Å². The van der Waals surface area contributed by atoms with Gasteiger partial charge < -0.3 is 0 Å². The maximum atomic E-state index is 4.54. The fourth-order valence-electron chi connectivity index (χ4n) is 3.36. The molecule has 0 aliphatic rings. The van der Waals surface area contributed by atoms with Crippen molar-refractivity contribution in [3.05, 3.63) is 89.6 Å². The molecule has 0 fully saturated rings. The molecule has 1 heteroatoms. The van der Waals surface area contributed by atoms with Crippen LogP contribution < -0.4 is 0 Å². The molecule has 0 saturated heterocycles. The van der Waals surface area contributed by atoms with Crippen LogP contribution in [-0.2, 0) is 12.8 Å². The molecule has 3 aromatic rings. The molecule has 0 amide bonds. The summed E-state index contributed by atoms with van der Waals surface area (Å²) >= 11 is 0. The van der Waals surface area contributed by atoms with Crippen molar-refractivity contribution in [1.29, 1.82) is 0 Å². The number of rotatable bonds is 9. The molecule has 0 N–H and O–H groups in total. The zero-order valence-corrected chi connectivity index (χ0v) is 15.8. The van der Waals surface area contributed by atoms with Gasteiger partial charge in [0.2, 0.25) is 0 Å². The first kappa shape index (κ1) is 18.4. The van der Waals surface area contributed by atoms with E-state index in [1.165, 1.54) is 67.2 Å². The first-order valence-electron chi connectivity index (χ1n) is 9.87. The summed E-state index contributed by atoms with van der Waals surface area (Å²) in [7, 11) is 0. The van der Waals surface area contributed by atoms with Crippen molar-refractivity contribution in [3.8, 4) is 11.3 Å². The van der Waals surface area contributed by atoms with Gasteiger partial charge in [-0.25, -0.2) is 0 Å². The molecule has 0 bridgehead atoms. The van der Waals surface area contributed by atoms with Gasteiger partial charge >= 0.3 is 0 Å². The fourth-order valence-corrected chi connectivity index (χ4v) is 3.36. The van der Waals surface area contributed by atoms with Crippen molar-refractivity contribution in [3.63, 3.8) is 0 Å². The predicted molar refractivity (Wildman–Crippen MR) is 111 cm³/mol. The van der Waals surface area contributed by atoms with Gasteiger partial charge in [0.05, 0.1) is 5.69 Å². The van der Waals surface area contributed by atoms with Crippen LogP contribution in [0.5, 0.6) is 0 Å². The Kier molecular flexibility index (Phi) is 7.01. The summed E-state index contributed by atoms with van der Waals surface area (Å²) in [6.45, 7) is 2.08. The second kappa shape index (κ2) is 9.91. The number of hydrogen-bond donors (Lipinski definition) is 0. The van der Waals surface area contributed by atoms with Crippen LogP contribution >= 0.6 is 0 Å². The molecule has 1 nitrogen and oxygen atoms in total. The first-order valence-corrected chi connectivity index (χ1v) is 9.87. The third-order valence-electron chi connectivity index (χ3n) is 4.91. The Bertz CT molecular complexity index is 775. The van der Waals surface area contributed by atoms with E-state index in [0.29, 0.717) is 0 Å². The van der Waals surface area contributed by atoms with Crippen LogP contribution in [0, 0.1) is 6.92 Å². The van der Waals surface area contributed by atoms with Gasteiger partial charge in [0.15, 0.2) is 0 Å². The third-order valence-corrected chi connectivity index (χ3v) is 4.91. The van der Waals surface area contributed by atoms with Crippen molar-refractivity contribution >= 4 is 0 Å². The van der Waals surface area contributed by atoms with E-state index < -0.39 is 0 Å². The van der Waals surface area contributed by atoms with Gasteiger partial charge in [0.1, 0.15) is 0 Å². The average molecular weight is 344 g/mol. The van der Waals surface area contributed by atoms with Crippen LogP contribution in [0.4, 0.5) is 0 Å². The Morgan fingerprint density at radius 1 is 0.654 bits per heavy atom. The maximum Gasteiger partial charge on any atom is 0.0702 e. The summed E-state index contributed by atoms with van der Waals surface area (Å²) in [5.41, 5.74) is 6.39. The molecular formula is C25H29N. The summed E-state index contributed by atoms with van der Waals surface area (Å²) in [4.78, 5) is 4.54. The number of benzene rings is 2. The highest BCUT2D eigenvalue weighted by molar-refractivity contribution is 5.60. The van der Waals surface area contributed by atoms with Crippen LogP contribution in [-0.4, -0.2) is 4.98 Å². The molecule has 0 unspecified atom stereocenters. The lowest BCUT2D eigenvalue weighted by atomic mass is 10.0. The Morgan fingerprint density at radius 3 is 2.08 bits per heavy atom. The molecule has 134 valence electrons. The van der Waals surface area contributed by atoms with Crippen molar-refractivity contribution in [2.45, 2.75) is 51.9 Å². The SMILES string of the molecule is Cc1ccc(-c2cccc(CCCCCCCc3ccccc3)c2)nc1. The zero-order chi connectivity index (χ0) is 18.0. The second-order valence-corrected chi connectivity index (χ2v) is 7.17. The fraction of sp³-hybridized carbons (Fsp3) is 0.320. The van der Waals surface area contributed by atoms with Crippen LogP contribution in [0.3, 0.4) is 0 Å². The molecule has 0 spiro atoms. The molecule has 1 heterocycles.